The average Bonchev–Trinajstić information content (AvgIpc) is 2.72. The highest BCUT2D eigenvalue weighted by atomic mass is 32.2. The van der Waals surface area contributed by atoms with Crippen LogP contribution >= 0.6 is 11.8 Å². The smallest absolute Gasteiger partial charge is 0.270 e. The maximum Gasteiger partial charge on any atom is 0.270 e. The Hall–Kier alpha value is -3.37. The molecular formula is C23H22N4O2S. The molecule has 0 radical (unpaired) electrons. The van der Waals surface area contributed by atoms with Crippen LogP contribution in [-0.2, 0) is 10.2 Å². The molecule has 0 saturated carbocycles. The molecule has 6 nitrogen and oxygen atoms in total. The minimum atomic E-state index is -0.521. The monoisotopic (exact) mass is 418 g/mol. The van der Waals surface area contributed by atoms with Gasteiger partial charge in [-0.1, -0.05) is 75.0 Å². The van der Waals surface area contributed by atoms with E-state index in [0.717, 1.165) is 11.8 Å². The summed E-state index contributed by atoms with van der Waals surface area (Å²) in [4.78, 5) is 31.6. The fraction of sp³-hybridized carbons (Fsp3) is 0.217. The van der Waals surface area contributed by atoms with Gasteiger partial charge in [0.2, 0.25) is 5.91 Å². The van der Waals surface area contributed by atoms with E-state index in [4.69, 9.17) is 0 Å². The predicted octanol–water partition coefficient (Wildman–Crippen LogP) is 4.34. The molecule has 0 atom stereocenters. The summed E-state index contributed by atoms with van der Waals surface area (Å²) in [5, 5.41) is 12.5. The third-order valence-electron chi connectivity index (χ3n) is 4.43. The first-order valence-electron chi connectivity index (χ1n) is 9.41. The molecule has 3 rings (SSSR count). The normalized spacial score (nSPS) is 11.0. The molecule has 0 fully saturated rings. The number of hydrogen-bond acceptors (Lipinski definition) is 5. The lowest BCUT2D eigenvalue weighted by Crippen LogP contribution is -2.17. The lowest BCUT2D eigenvalue weighted by molar-refractivity contribution is -0.113. The first kappa shape index (κ1) is 21.3. The number of nitrogens with one attached hydrogen (secondary N) is 2. The molecule has 0 aliphatic rings. The first-order valence-corrected chi connectivity index (χ1v) is 10.4. The molecule has 2 aromatic carbocycles. The number of carbonyl (C=O) groups excluding carboxylic acids is 1. The number of benzene rings is 2. The predicted molar refractivity (Wildman–Crippen MR) is 120 cm³/mol. The molecular weight excluding hydrogens is 396 g/mol. The van der Waals surface area contributed by atoms with Crippen molar-refractivity contribution in [1.29, 1.82) is 5.26 Å². The van der Waals surface area contributed by atoms with Crippen LogP contribution in [0.4, 0.5) is 5.69 Å². The number of rotatable bonds is 5. The Kier molecular flexibility index (Phi) is 6.38. The van der Waals surface area contributed by atoms with Crippen LogP contribution in [0.1, 0.15) is 31.9 Å². The highest BCUT2D eigenvalue weighted by Gasteiger charge is 2.15. The lowest BCUT2D eigenvalue weighted by Gasteiger charge is -2.19. The van der Waals surface area contributed by atoms with Crippen molar-refractivity contribution in [3.63, 3.8) is 0 Å². The molecule has 0 unspecified atom stereocenters. The number of aromatic amines is 1. The third-order valence-corrected chi connectivity index (χ3v) is 5.30. The molecule has 0 aliphatic heterocycles. The summed E-state index contributed by atoms with van der Waals surface area (Å²) in [6.07, 6.45) is 0. The van der Waals surface area contributed by atoms with E-state index in [1.807, 2.05) is 48.5 Å². The molecule has 3 aromatic rings. The van der Waals surface area contributed by atoms with Crippen molar-refractivity contribution in [2.45, 2.75) is 31.3 Å². The van der Waals surface area contributed by atoms with Gasteiger partial charge in [-0.2, -0.15) is 5.26 Å². The summed E-state index contributed by atoms with van der Waals surface area (Å²) < 4.78 is 0. The first-order chi connectivity index (χ1) is 14.3. The number of H-pyrrole nitrogens is 1. The van der Waals surface area contributed by atoms with E-state index >= 15 is 0 Å². The van der Waals surface area contributed by atoms with Crippen molar-refractivity contribution in [2.24, 2.45) is 0 Å². The standard InChI is InChI=1S/C23H22N4O2S/c1-23(2,3)16-9-11-17(12-10-16)25-19(28)14-30-22-26-20(15-7-5-4-6-8-15)18(13-24)21(29)27-22/h4-12H,14H2,1-3H3,(H,25,28)(H,26,27,29). The molecule has 0 aliphatic carbocycles. The molecule has 1 heterocycles. The number of aromatic nitrogens is 2. The Morgan fingerprint density at radius 1 is 1.13 bits per heavy atom. The molecule has 0 bridgehead atoms. The van der Waals surface area contributed by atoms with Crippen molar-refractivity contribution < 1.29 is 4.79 Å². The summed E-state index contributed by atoms with van der Waals surface area (Å²) >= 11 is 1.11. The Morgan fingerprint density at radius 2 is 1.80 bits per heavy atom. The highest BCUT2D eigenvalue weighted by Crippen LogP contribution is 2.24. The summed E-state index contributed by atoms with van der Waals surface area (Å²) in [5.74, 6) is -0.138. The Balaban J connectivity index is 1.71. The van der Waals surface area contributed by atoms with Gasteiger partial charge in [-0.05, 0) is 23.1 Å². The van der Waals surface area contributed by atoms with Crippen LogP contribution in [-0.4, -0.2) is 21.6 Å². The fourth-order valence-electron chi connectivity index (χ4n) is 2.81. The number of hydrogen-bond donors (Lipinski definition) is 2. The van der Waals surface area contributed by atoms with Gasteiger partial charge in [-0.3, -0.25) is 9.59 Å². The van der Waals surface area contributed by atoms with Crippen LogP contribution in [0.5, 0.6) is 0 Å². The molecule has 1 amide bonds. The Morgan fingerprint density at radius 3 is 2.40 bits per heavy atom. The minimum Gasteiger partial charge on any atom is -0.325 e. The molecule has 0 saturated heterocycles. The number of anilines is 1. The maximum absolute atomic E-state index is 12.3. The number of carbonyl (C=O) groups is 1. The van der Waals surface area contributed by atoms with Gasteiger partial charge in [0.25, 0.3) is 5.56 Å². The van der Waals surface area contributed by atoms with Crippen molar-refractivity contribution in [2.75, 3.05) is 11.1 Å². The SMILES string of the molecule is CC(C)(C)c1ccc(NC(=O)CSc2nc(-c3ccccc3)c(C#N)c(=O)[nH]2)cc1. The van der Waals surface area contributed by atoms with Crippen molar-refractivity contribution >= 4 is 23.4 Å². The second kappa shape index (κ2) is 8.97. The van der Waals surface area contributed by atoms with E-state index in [2.05, 4.69) is 36.1 Å². The second-order valence-corrected chi connectivity index (χ2v) is 8.70. The van der Waals surface area contributed by atoms with Crippen molar-refractivity contribution in [1.82, 2.24) is 9.97 Å². The number of amides is 1. The maximum atomic E-state index is 12.3. The van der Waals surface area contributed by atoms with Crippen LogP contribution in [0.15, 0.2) is 64.5 Å². The van der Waals surface area contributed by atoms with Crippen LogP contribution in [0, 0.1) is 11.3 Å². The lowest BCUT2D eigenvalue weighted by atomic mass is 9.87. The largest absolute Gasteiger partial charge is 0.325 e. The minimum absolute atomic E-state index is 0.0436. The van der Waals surface area contributed by atoms with Crippen molar-refractivity contribution in [3.8, 4) is 17.3 Å². The molecule has 30 heavy (non-hydrogen) atoms. The zero-order valence-electron chi connectivity index (χ0n) is 17.0. The highest BCUT2D eigenvalue weighted by molar-refractivity contribution is 7.99. The van der Waals surface area contributed by atoms with Gasteiger partial charge in [0.05, 0.1) is 11.4 Å². The van der Waals surface area contributed by atoms with Gasteiger partial charge in [-0.15, -0.1) is 0 Å². The van der Waals surface area contributed by atoms with Gasteiger partial charge < -0.3 is 10.3 Å². The van der Waals surface area contributed by atoms with E-state index in [1.165, 1.54) is 5.56 Å². The van der Waals surface area contributed by atoms with E-state index in [-0.39, 0.29) is 27.8 Å². The van der Waals surface area contributed by atoms with Crippen LogP contribution in [0.3, 0.4) is 0 Å². The van der Waals surface area contributed by atoms with Gasteiger partial charge in [-0.25, -0.2) is 4.98 Å². The quantitative estimate of drug-likeness (QED) is 0.474. The van der Waals surface area contributed by atoms with Crippen LogP contribution in [0.2, 0.25) is 0 Å². The molecule has 1 aromatic heterocycles. The van der Waals surface area contributed by atoms with Crippen molar-refractivity contribution in [3.05, 3.63) is 76.1 Å². The Labute approximate surface area is 179 Å². The summed E-state index contributed by atoms with van der Waals surface area (Å²) in [6.45, 7) is 6.39. The molecule has 0 spiro atoms. The second-order valence-electron chi connectivity index (χ2n) is 7.74. The van der Waals surface area contributed by atoms with Gasteiger partial charge >= 0.3 is 0 Å². The molecule has 152 valence electrons. The van der Waals surface area contributed by atoms with Gasteiger partial charge in [0, 0.05) is 11.3 Å². The van der Waals surface area contributed by atoms with E-state index in [1.54, 1.807) is 12.1 Å². The summed E-state index contributed by atoms with van der Waals surface area (Å²) in [7, 11) is 0. The molecule has 7 heteroatoms. The molecule has 2 N–H and O–H groups in total. The average molecular weight is 419 g/mol. The van der Waals surface area contributed by atoms with Crippen LogP contribution < -0.4 is 10.9 Å². The summed E-state index contributed by atoms with van der Waals surface area (Å²) in [5.41, 5.74) is 2.35. The fourth-order valence-corrected chi connectivity index (χ4v) is 3.47. The van der Waals surface area contributed by atoms with E-state index < -0.39 is 5.56 Å². The van der Waals surface area contributed by atoms with Gasteiger partial charge in [0.1, 0.15) is 11.6 Å². The van der Waals surface area contributed by atoms with E-state index in [9.17, 15) is 14.9 Å². The zero-order valence-corrected chi connectivity index (χ0v) is 17.8. The Bertz CT molecular complexity index is 1140. The number of nitriles is 1. The van der Waals surface area contributed by atoms with Crippen LogP contribution in [0.25, 0.3) is 11.3 Å². The van der Waals surface area contributed by atoms with E-state index in [0.29, 0.717) is 16.9 Å². The number of thioether (sulfide) groups is 1. The summed E-state index contributed by atoms with van der Waals surface area (Å²) in [6, 6.07) is 18.7. The number of nitrogens with zero attached hydrogens (tertiary/aromatic N) is 2. The topological polar surface area (TPSA) is 98.6 Å². The third kappa shape index (κ3) is 5.16. The zero-order chi connectivity index (χ0) is 21.7. The van der Waals surface area contributed by atoms with Gasteiger partial charge in [0.15, 0.2) is 5.16 Å².